The van der Waals surface area contributed by atoms with E-state index < -0.39 is 22.9 Å². The van der Waals surface area contributed by atoms with Gasteiger partial charge in [0.1, 0.15) is 4.88 Å². The van der Waals surface area contributed by atoms with E-state index >= 15 is 0 Å². The number of carbonyl (C=O) groups is 1. The number of alkyl halides is 3. The van der Waals surface area contributed by atoms with Crippen molar-refractivity contribution in [3.05, 3.63) is 34.7 Å². The molecule has 7 heteroatoms. The standard InChI is InChI=1S/C14H12F3NO2S/c15-14(16,17)12-5-8-3-7(1-2-11(8)21-12)10-4-9(6-18-10)13(19)20/h1-3,5,9-10,18H,4,6H2,(H,19,20). The normalized spacial score (nSPS) is 22.8. The van der Waals surface area contributed by atoms with Crippen LogP contribution in [0.4, 0.5) is 13.2 Å². The number of hydrogen-bond acceptors (Lipinski definition) is 3. The number of nitrogens with one attached hydrogen (secondary N) is 1. The maximum Gasteiger partial charge on any atom is 0.425 e. The largest absolute Gasteiger partial charge is 0.481 e. The fourth-order valence-corrected chi connectivity index (χ4v) is 3.51. The first-order valence-corrected chi connectivity index (χ1v) is 7.23. The predicted octanol–water partition coefficient (Wildman–Crippen LogP) is 3.66. The fourth-order valence-electron chi connectivity index (χ4n) is 2.60. The van der Waals surface area contributed by atoms with E-state index in [9.17, 15) is 18.0 Å². The second-order valence-corrected chi connectivity index (χ2v) is 6.22. The summed E-state index contributed by atoms with van der Waals surface area (Å²) in [5.74, 6) is -1.29. The zero-order valence-corrected chi connectivity index (χ0v) is 11.6. The number of benzene rings is 1. The van der Waals surface area contributed by atoms with E-state index in [0.29, 0.717) is 23.1 Å². The van der Waals surface area contributed by atoms with Gasteiger partial charge in [-0.25, -0.2) is 0 Å². The molecular weight excluding hydrogens is 303 g/mol. The van der Waals surface area contributed by atoms with Gasteiger partial charge >= 0.3 is 12.1 Å². The first-order chi connectivity index (χ1) is 9.84. The molecule has 1 fully saturated rings. The molecule has 112 valence electrons. The van der Waals surface area contributed by atoms with Crippen LogP contribution in [0.5, 0.6) is 0 Å². The Balaban J connectivity index is 1.90. The third kappa shape index (κ3) is 2.75. The molecule has 1 saturated heterocycles. The van der Waals surface area contributed by atoms with Crippen LogP contribution in [0, 0.1) is 5.92 Å². The van der Waals surface area contributed by atoms with Crippen LogP contribution in [0.2, 0.25) is 0 Å². The van der Waals surface area contributed by atoms with E-state index in [-0.39, 0.29) is 6.04 Å². The van der Waals surface area contributed by atoms with Gasteiger partial charge in [0, 0.05) is 17.3 Å². The number of thiophene rings is 1. The molecule has 1 aliphatic heterocycles. The van der Waals surface area contributed by atoms with Gasteiger partial charge in [-0.3, -0.25) is 4.79 Å². The summed E-state index contributed by atoms with van der Waals surface area (Å²) in [6.07, 6.45) is -3.87. The molecule has 1 aromatic heterocycles. The van der Waals surface area contributed by atoms with E-state index in [2.05, 4.69) is 5.32 Å². The van der Waals surface area contributed by atoms with Crippen molar-refractivity contribution < 1.29 is 23.1 Å². The lowest BCUT2D eigenvalue weighted by Crippen LogP contribution is -2.17. The van der Waals surface area contributed by atoms with Crippen LogP contribution in [0.15, 0.2) is 24.3 Å². The van der Waals surface area contributed by atoms with Crippen molar-refractivity contribution in [2.75, 3.05) is 6.54 Å². The zero-order chi connectivity index (χ0) is 15.2. The quantitative estimate of drug-likeness (QED) is 0.889. The van der Waals surface area contributed by atoms with Crippen molar-refractivity contribution in [2.45, 2.75) is 18.6 Å². The summed E-state index contributed by atoms with van der Waals surface area (Å²) in [4.78, 5) is 10.3. The number of fused-ring (bicyclic) bond motifs is 1. The number of aliphatic carboxylic acids is 1. The highest BCUT2D eigenvalue weighted by Crippen LogP contribution is 2.39. The third-order valence-corrected chi connectivity index (χ3v) is 4.86. The summed E-state index contributed by atoms with van der Waals surface area (Å²) < 4.78 is 38.7. The Morgan fingerprint density at radius 3 is 2.71 bits per heavy atom. The highest BCUT2D eigenvalue weighted by atomic mass is 32.1. The molecule has 2 heterocycles. The number of rotatable bonds is 2. The van der Waals surface area contributed by atoms with Crippen molar-refractivity contribution >= 4 is 27.4 Å². The zero-order valence-electron chi connectivity index (χ0n) is 10.8. The molecular formula is C14H12F3NO2S. The van der Waals surface area contributed by atoms with Crippen LogP contribution in [-0.2, 0) is 11.0 Å². The summed E-state index contributed by atoms with van der Waals surface area (Å²) in [5, 5.41) is 12.6. The number of halogens is 3. The van der Waals surface area contributed by atoms with Gasteiger partial charge in [0.2, 0.25) is 0 Å². The van der Waals surface area contributed by atoms with Crippen molar-refractivity contribution in [2.24, 2.45) is 5.92 Å². The molecule has 2 N–H and O–H groups in total. The maximum atomic E-state index is 12.7. The van der Waals surface area contributed by atoms with Crippen LogP contribution in [0.3, 0.4) is 0 Å². The first-order valence-electron chi connectivity index (χ1n) is 6.41. The van der Waals surface area contributed by atoms with Gasteiger partial charge in [0.25, 0.3) is 0 Å². The van der Waals surface area contributed by atoms with Crippen LogP contribution in [0.1, 0.15) is 22.9 Å². The van der Waals surface area contributed by atoms with Gasteiger partial charge in [-0.2, -0.15) is 13.2 Å². The molecule has 0 saturated carbocycles. The summed E-state index contributed by atoms with van der Waals surface area (Å²) >= 11 is 0.721. The monoisotopic (exact) mass is 315 g/mol. The Morgan fingerprint density at radius 2 is 2.10 bits per heavy atom. The minimum atomic E-state index is -4.33. The van der Waals surface area contributed by atoms with Gasteiger partial charge in [-0.1, -0.05) is 6.07 Å². The molecule has 0 bridgehead atoms. The van der Waals surface area contributed by atoms with Crippen LogP contribution >= 0.6 is 11.3 Å². The van der Waals surface area contributed by atoms with E-state index in [1.807, 2.05) is 0 Å². The predicted molar refractivity (Wildman–Crippen MR) is 73.3 cm³/mol. The van der Waals surface area contributed by atoms with Crippen LogP contribution < -0.4 is 5.32 Å². The summed E-state index contributed by atoms with van der Waals surface area (Å²) in [6.45, 7) is 0.384. The fraction of sp³-hybridized carbons (Fsp3) is 0.357. The van der Waals surface area contributed by atoms with Gasteiger partial charge in [0.05, 0.1) is 5.92 Å². The Hall–Kier alpha value is -1.60. The average Bonchev–Trinajstić information content (AvgIpc) is 3.04. The highest BCUT2D eigenvalue weighted by Gasteiger charge is 2.33. The molecule has 0 aliphatic carbocycles. The van der Waals surface area contributed by atoms with Crippen molar-refractivity contribution in [3.8, 4) is 0 Å². The number of hydrogen-bond donors (Lipinski definition) is 2. The van der Waals surface area contributed by atoms with Crippen LogP contribution in [0.25, 0.3) is 10.1 Å². The minimum absolute atomic E-state index is 0.121. The second-order valence-electron chi connectivity index (χ2n) is 5.14. The lowest BCUT2D eigenvalue weighted by molar-refractivity contribution is -0.141. The molecule has 1 aromatic carbocycles. The molecule has 0 amide bonds. The van der Waals surface area contributed by atoms with E-state index in [1.54, 1.807) is 18.2 Å². The molecule has 2 atom stereocenters. The molecule has 0 spiro atoms. The lowest BCUT2D eigenvalue weighted by Gasteiger charge is -2.10. The van der Waals surface area contributed by atoms with Crippen molar-refractivity contribution in [1.82, 2.24) is 5.32 Å². The van der Waals surface area contributed by atoms with Crippen molar-refractivity contribution in [1.29, 1.82) is 0 Å². The summed E-state index contributed by atoms with van der Waals surface area (Å²) in [5.41, 5.74) is 0.831. The van der Waals surface area contributed by atoms with Crippen molar-refractivity contribution in [3.63, 3.8) is 0 Å². The lowest BCUT2D eigenvalue weighted by atomic mass is 9.99. The van der Waals surface area contributed by atoms with Gasteiger partial charge in [0.15, 0.2) is 0 Å². The Kier molecular flexibility index (Phi) is 3.41. The summed E-state index contributed by atoms with van der Waals surface area (Å²) in [6, 6.07) is 6.17. The molecule has 0 radical (unpaired) electrons. The molecule has 21 heavy (non-hydrogen) atoms. The Morgan fingerprint density at radius 1 is 1.33 bits per heavy atom. The van der Waals surface area contributed by atoms with Crippen LogP contribution in [-0.4, -0.2) is 17.6 Å². The third-order valence-electron chi connectivity index (χ3n) is 3.70. The van der Waals surface area contributed by atoms with Gasteiger partial charge < -0.3 is 10.4 Å². The first kappa shape index (κ1) is 14.3. The second kappa shape index (κ2) is 4.99. The Bertz CT molecular complexity index is 695. The molecule has 3 rings (SSSR count). The number of carboxylic acid groups (broad SMARTS) is 1. The minimum Gasteiger partial charge on any atom is -0.481 e. The topological polar surface area (TPSA) is 49.3 Å². The van der Waals surface area contributed by atoms with E-state index in [0.717, 1.165) is 23.0 Å². The number of carboxylic acids is 1. The highest BCUT2D eigenvalue weighted by molar-refractivity contribution is 7.19. The molecule has 3 nitrogen and oxygen atoms in total. The van der Waals surface area contributed by atoms with Gasteiger partial charge in [-0.05, 0) is 35.6 Å². The maximum absolute atomic E-state index is 12.7. The average molecular weight is 315 g/mol. The SMILES string of the molecule is O=C(O)C1CNC(c2ccc3sc(C(F)(F)F)cc3c2)C1. The summed E-state index contributed by atoms with van der Waals surface area (Å²) in [7, 11) is 0. The molecule has 2 aromatic rings. The van der Waals surface area contributed by atoms with E-state index in [1.165, 1.54) is 0 Å². The van der Waals surface area contributed by atoms with E-state index in [4.69, 9.17) is 5.11 Å². The smallest absolute Gasteiger partial charge is 0.425 e. The molecule has 2 unspecified atom stereocenters. The Labute approximate surface area is 122 Å². The van der Waals surface area contributed by atoms with Gasteiger partial charge in [-0.15, -0.1) is 11.3 Å². The molecule has 1 aliphatic rings.